The number of hydrogen-bond acceptors (Lipinski definition) is 6. The second-order valence-corrected chi connectivity index (χ2v) is 22.0. The largest absolute Gasteiger partial charge is 0.462 e. The summed E-state index contributed by atoms with van der Waals surface area (Å²) in [7, 11) is 0. The lowest BCUT2D eigenvalue weighted by atomic mass is 10.0. The van der Waals surface area contributed by atoms with E-state index < -0.39 is 12.1 Å². The van der Waals surface area contributed by atoms with Crippen molar-refractivity contribution in [1.82, 2.24) is 0 Å². The zero-order valence-corrected chi connectivity index (χ0v) is 52.8. The molecule has 81 heavy (non-hydrogen) atoms. The van der Waals surface area contributed by atoms with Crippen molar-refractivity contribution in [3.63, 3.8) is 0 Å². The van der Waals surface area contributed by atoms with Gasteiger partial charge in [-0.3, -0.25) is 14.4 Å². The minimum atomic E-state index is -0.833. The van der Waals surface area contributed by atoms with E-state index in [0.717, 1.165) is 109 Å². The van der Waals surface area contributed by atoms with Gasteiger partial charge in [-0.15, -0.1) is 0 Å². The van der Waals surface area contributed by atoms with Crippen molar-refractivity contribution in [2.75, 3.05) is 13.2 Å². The highest BCUT2D eigenvalue weighted by Crippen LogP contribution is 2.17. The van der Waals surface area contributed by atoms with Gasteiger partial charge in [0.15, 0.2) is 6.10 Å². The molecular weight excluding hydrogens is 997 g/mol. The smallest absolute Gasteiger partial charge is 0.310 e. The standard InChI is InChI=1S/C75H124O6/c1-4-7-10-13-16-19-22-25-27-28-29-30-31-32-33-34-35-36-37-38-39-40-41-42-43-44-45-46-48-50-53-56-59-62-65-68-74(77)80-71-72(70-79-73(76)67-64-61-58-55-52-49-24-21-18-15-12-9-6-3)81-75(78)69-66-63-60-57-54-51-47-26-23-20-17-14-11-8-5-2/h7-8,10-11,16-17,19-20,25-27,29-30,32-33,35-36,47,54,57,63,66,72H,4-6,9,12-15,18,21-24,28,31,34,37-46,48-53,55-56,58-62,64-65,67-71H2,1-3H3/b10-7-,11-8-,19-16-,20-17-,27-25-,30-29-,33-32-,36-35-,47-26-,57-54-,66-63-. The first-order valence-electron chi connectivity index (χ1n) is 33.7. The molecule has 0 fully saturated rings. The summed E-state index contributed by atoms with van der Waals surface area (Å²) in [4.78, 5) is 38.2. The molecular formula is C75H124O6. The topological polar surface area (TPSA) is 78.9 Å². The third kappa shape index (κ3) is 66.2. The summed E-state index contributed by atoms with van der Waals surface area (Å²) in [6, 6.07) is 0. The van der Waals surface area contributed by atoms with Gasteiger partial charge in [-0.2, -0.15) is 0 Å². The van der Waals surface area contributed by atoms with E-state index in [0.29, 0.717) is 12.8 Å². The molecule has 460 valence electrons. The summed E-state index contributed by atoms with van der Waals surface area (Å²) < 4.78 is 16.8. The molecule has 0 radical (unpaired) electrons. The molecule has 0 aromatic heterocycles. The minimum Gasteiger partial charge on any atom is -0.462 e. The van der Waals surface area contributed by atoms with Crippen LogP contribution in [0, 0.1) is 0 Å². The van der Waals surface area contributed by atoms with E-state index in [1.807, 2.05) is 6.08 Å². The van der Waals surface area contributed by atoms with E-state index in [1.165, 1.54) is 154 Å². The molecule has 0 spiro atoms. The first-order chi connectivity index (χ1) is 40.0. The number of unbranched alkanes of at least 4 members (excludes halogenated alkanes) is 28. The SMILES string of the molecule is CC/C=C\C/C=C\C/C=C\C/C=C\C/C=C\C/C=C\CCCCCCCCCCCCCCCCCCC(=O)OCC(COC(=O)CCCCCCCCCCCCCCC)OC(=O)C/C=C\C/C=C\C/C=C\C/C=C\C/C=C\CC. The number of allylic oxidation sites excluding steroid dienone is 21. The van der Waals surface area contributed by atoms with Crippen LogP contribution >= 0.6 is 0 Å². The van der Waals surface area contributed by atoms with Gasteiger partial charge in [0.25, 0.3) is 0 Å². The summed E-state index contributed by atoms with van der Waals surface area (Å²) in [5.74, 6) is -1.04. The van der Waals surface area contributed by atoms with Gasteiger partial charge < -0.3 is 14.2 Å². The molecule has 0 bridgehead atoms. The molecule has 6 nitrogen and oxygen atoms in total. The molecule has 0 aliphatic carbocycles. The Morgan fingerprint density at radius 2 is 0.519 bits per heavy atom. The van der Waals surface area contributed by atoms with Crippen LogP contribution in [0.25, 0.3) is 0 Å². The minimum absolute atomic E-state index is 0.0962. The van der Waals surface area contributed by atoms with Crippen molar-refractivity contribution in [1.29, 1.82) is 0 Å². The first kappa shape index (κ1) is 76.5. The number of carbonyl (C=O) groups excluding carboxylic acids is 3. The Hall–Kier alpha value is -4.45. The highest BCUT2D eigenvalue weighted by atomic mass is 16.6. The Morgan fingerprint density at radius 1 is 0.272 bits per heavy atom. The average Bonchev–Trinajstić information content (AvgIpc) is 3.46. The summed E-state index contributed by atoms with van der Waals surface area (Å²) in [6.45, 7) is 6.34. The van der Waals surface area contributed by atoms with Crippen LogP contribution in [0.5, 0.6) is 0 Å². The summed E-state index contributed by atoms with van der Waals surface area (Å²) in [6.07, 6.45) is 96.5. The van der Waals surface area contributed by atoms with E-state index in [1.54, 1.807) is 6.08 Å². The van der Waals surface area contributed by atoms with Gasteiger partial charge in [0, 0.05) is 12.8 Å². The van der Waals surface area contributed by atoms with Gasteiger partial charge in [-0.25, -0.2) is 0 Å². The van der Waals surface area contributed by atoms with E-state index in [-0.39, 0.29) is 31.6 Å². The van der Waals surface area contributed by atoms with Gasteiger partial charge in [0.1, 0.15) is 13.2 Å². The van der Waals surface area contributed by atoms with E-state index in [2.05, 4.69) is 142 Å². The van der Waals surface area contributed by atoms with Crippen molar-refractivity contribution < 1.29 is 28.6 Å². The molecule has 0 aliphatic rings. The van der Waals surface area contributed by atoms with Gasteiger partial charge in [0.2, 0.25) is 0 Å². The molecule has 0 saturated heterocycles. The van der Waals surface area contributed by atoms with Crippen LogP contribution in [0.1, 0.15) is 303 Å². The first-order valence-corrected chi connectivity index (χ1v) is 33.7. The number of rotatable bonds is 60. The predicted molar refractivity (Wildman–Crippen MR) is 353 cm³/mol. The zero-order chi connectivity index (χ0) is 58.5. The second-order valence-electron chi connectivity index (χ2n) is 22.0. The molecule has 0 aromatic carbocycles. The van der Waals surface area contributed by atoms with Crippen molar-refractivity contribution in [2.45, 2.75) is 309 Å². The van der Waals surface area contributed by atoms with E-state index in [4.69, 9.17) is 14.2 Å². The number of ether oxygens (including phenoxy) is 3. The maximum absolute atomic E-state index is 12.8. The van der Waals surface area contributed by atoms with Crippen LogP contribution in [0.2, 0.25) is 0 Å². The fraction of sp³-hybridized carbons (Fsp3) is 0.667. The molecule has 0 N–H and O–H groups in total. The van der Waals surface area contributed by atoms with Crippen LogP contribution in [-0.2, 0) is 28.6 Å². The van der Waals surface area contributed by atoms with Gasteiger partial charge in [-0.1, -0.05) is 321 Å². The third-order valence-electron chi connectivity index (χ3n) is 14.2. The van der Waals surface area contributed by atoms with Crippen molar-refractivity contribution in [2.24, 2.45) is 0 Å². The molecule has 0 aromatic rings. The predicted octanol–water partition coefficient (Wildman–Crippen LogP) is 23.3. The Labute approximate surface area is 500 Å². The Balaban J connectivity index is 4.20. The molecule has 0 heterocycles. The summed E-state index contributed by atoms with van der Waals surface area (Å²) in [5, 5.41) is 0. The number of hydrogen-bond donors (Lipinski definition) is 0. The molecule has 1 atom stereocenters. The van der Waals surface area contributed by atoms with Crippen LogP contribution in [0.4, 0.5) is 0 Å². The Bertz CT molecular complexity index is 1720. The van der Waals surface area contributed by atoms with Gasteiger partial charge in [-0.05, 0) is 96.3 Å². The van der Waals surface area contributed by atoms with Crippen molar-refractivity contribution in [3.8, 4) is 0 Å². The van der Waals surface area contributed by atoms with E-state index in [9.17, 15) is 14.4 Å². The second kappa shape index (κ2) is 68.1. The van der Waals surface area contributed by atoms with E-state index >= 15 is 0 Å². The Kier molecular flexibility index (Phi) is 64.3. The lowest BCUT2D eigenvalue weighted by molar-refractivity contribution is -0.166. The lowest BCUT2D eigenvalue weighted by Crippen LogP contribution is -2.30. The fourth-order valence-corrected chi connectivity index (χ4v) is 9.23. The molecule has 0 saturated carbocycles. The number of carbonyl (C=O) groups is 3. The monoisotopic (exact) mass is 1120 g/mol. The van der Waals surface area contributed by atoms with Gasteiger partial charge in [0.05, 0.1) is 6.42 Å². The summed E-state index contributed by atoms with van der Waals surface area (Å²) in [5.41, 5.74) is 0. The molecule has 0 aliphatic heterocycles. The maximum Gasteiger partial charge on any atom is 0.310 e. The molecule has 0 rings (SSSR count). The third-order valence-corrected chi connectivity index (χ3v) is 14.2. The molecule has 1 unspecified atom stereocenters. The van der Waals surface area contributed by atoms with Crippen LogP contribution in [-0.4, -0.2) is 37.2 Å². The normalized spacial score (nSPS) is 13.0. The molecule has 6 heteroatoms. The highest BCUT2D eigenvalue weighted by molar-refractivity contribution is 5.72. The lowest BCUT2D eigenvalue weighted by Gasteiger charge is -2.18. The van der Waals surface area contributed by atoms with Crippen LogP contribution < -0.4 is 0 Å². The number of esters is 3. The Morgan fingerprint density at radius 3 is 0.815 bits per heavy atom. The quantitative estimate of drug-likeness (QED) is 0.0261. The van der Waals surface area contributed by atoms with Crippen molar-refractivity contribution in [3.05, 3.63) is 134 Å². The van der Waals surface area contributed by atoms with Gasteiger partial charge >= 0.3 is 17.9 Å². The van der Waals surface area contributed by atoms with Crippen molar-refractivity contribution >= 4 is 17.9 Å². The maximum atomic E-state index is 12.8. The van der Waals surface area contributed by atoms with Crippen LogP contribution in [0.3, 0.4) is 0 Å². The zero-order valence-electron chi connectivity index (χ0n) is 52.8. The molecule has 0 amide bonds. The highest BCUT2D eigenvalue weighted by Gasteiger charge is 2.19. The summed E-state index contributed by atoms with van der Waals surface area (Å²) >= 11 is 0. The van der Waals surface area contributed by atoms with Crippen LogP contribution in [0.15, 0.2) is 134 Å². The fourth-order valence-electron chi connectivity index (χ4n) is 9.23. The average molecular weight is 1120 g/mol.